The number of para-hydroxylation sites is 2. The Morgan fingerprint density at radius 2 is 1.96 bits per heavy atom. The van der Waals surface area contributed by atoms with Crippen molar-refractivity contribution in [3.8, 4) is 11.5 Å². The van der Waals surface area contributed by atoms with Crippen molar-refractivity contribution in [3.63, 3.8) is 0 Å². The maximum atomic E-state index is 12.2. The number of anilines is 2. The monoisotopic (exact) mass is 367 g/mol. The zero-order chi connectivity index (χ0) is 18.6. The molecule has 2 heterocycles. The second kappa shape index (κ2) is 7.57. The fourth-order valence-electron chi connectivity index (χ4n) is 3.25. The van der Waals surface area contributed by atoms with E-state index in [0.29, 0.717) is 25.3 Å². The van der Waals surface area contributed by atoms with Gasteiger partial charge >= 0.3 is 0 Å². The third-order valence-electron chi connectivity index (χ3n) is 4.63. The third-order valence-corrected chi connectivity index (χ3v) is 4.63. The summed E-state index contributed by atoms with van der Waals surface area (Å²) in [6, 6.07) is 13.2. The zero-order valence-electron chi connectivity index (χ0n) is 14.9. The number of benzene rings is 2. The van der Waals surface area contributed by atoms with Crippen molar-refractivity contribution >= 4 is 23.2 Å². The van der Waals surface area contributed by atoms with Crippen LogP contribution in [-0.2, 0) is 16.1 Å². The van der Waals surface area contributed by atoms with E-state index in [-0.39, 0.29) is 25.2 Å². The Kier molecular flexibility index (Phi) is 4.82. The molecular weight excluding hydrogens is 346 g/mol. The summed E-state index contributed by atoms with van der Waals surface area (Å²) < 4.78 is 10.6. The number of hydrogen-bond donors (Lipinski definition) is 2. The van der Waals surface area contributed by atoms with Crippen LogP contribution in [0.2, 0.25) is 0 Å². The summed E-state index contributed by atoms with van der Waals surface area (Å²) in [6.07, 6.45) is 1.44. The van der Waals surface area contributed by atoms with Gasteiger partial charge < -0.3 is 25.0 Å². The van der Waals surface area contributed by atoms with Crippen LogP contribution in [0.3, 0.4) is 0 Å². The van der Waals surface area contributed by atoms with Gasteiger partial charge in [0.1, 0.15) is 0 Å². The first-order chi connectivity index (χ1) is 13.2. The van der Waals surface area contributed by atoms with Gasteiger partial charge in [0, 0.05) is 19.5 Å². The molecule has 0 unspecified atom stereocenters. The highest BCUT2D eigenvalue weighted by Gasteiger charge is 2.23. The quantitative estimate of drug-likeness (QED) is 0.819. The van der Waals surface area contributed by atoms with Gasteiger partial charge in [-0.1, -0.05) is 18.2 Å². The van der Waals surface area contributed by atoms with Gasteiger partial charge in [-0.3, -0.25) is 9.59 Å². The van der Waals surface area contributed by atoms with Crippen molar-refractivity contribution in [3.05, 3.63) is 48.0 Å². The molecule has 0 spiro atoms. The summed E-state index contributed by atoms with van der Waals surface area (Å²) in [5, 5.41) is 6.02. The average Bonchev–Trinajstić information content (AvgIpc) is 3.33. The van der Waals surface area contributed by atoms with Crippen molar-refractivity contribution in [1.29, 1.82) is 0 Å². The first kappa shape index (κ1) is 17.2. The highest BCUT2D eigenvalue weighted by Crippen LogP contribution is 2.32. The van der Waals surface area contributed by atoms with E-state index in [0.717, 1.165) is 29.1 Å². The Balaban J connectivity index is 1.33. The van der Waals surface area contributed by atoms with Gasteiger partial charge in [-0.05, 0) is 36.2 Å². The molecule has 1 saturated heterocycles. The molecule has 0 bridgehead atoms. The molecule has 1 fully saturated rings. The van der Waals surface area contributed by atoms with E-state index in [1.165, 1.54) is 0 Å². The SMILES string of the molecule is O=C(CNc1ccccc1N1CCCC1=O)NCc1ccc2c(c1)OCO2. The van der Waals surface area contributed by atoms with Gasteiger partial charge in [-0.25, -0.2) is 0 Å². The molecule has 4 rings (SSSR count). The molecule has 2 N–H and O–H groups in total. The maximum Gasteiger partial charge on any atom is 0.239 e. The Labute approximate surface area is 157 Å². The summed E-state index contributed by atoms with van der Waals surface area (Å²) in [6.45, 7) is 1.48. The summed E-state index contributed by atoms with van der Waals surface area (Å²) in [7, 11) is 0. The van der Waals surface area contributed by atoms with Crippen molar-refractivity contribution < 1.29 is 19.1 Å². The van der Waals surface area contributed by atoms with Gasteiger partial charge in [-0.15, -0.1) is 0 Å². The third kappa shape index (κ3) is 3.81. The average molecular weight is 367 g/mol. The first-order valence-electron chi connectivity index (χ1n) is 8.99. The lowest BCUT2D eigenvalue weighted by molar-refractivity contribution is -0.119. The zero-order valence-corrected chi connectivity index (χ0v) is 14.9. The van der Waals surface area contributed by atoms with Gasteiger partial charge in [0.05, 0.1) is 17.9 Å². The summed E-state index contributed by atoms with van der Waals surface area (Å²) in [5.41, 5.74) is 2.55. The van der Waals surface area contributed by atoms with Gasteiger partial charge in [-0.2, -0.15) is 0 Å². The van der Waals surface area contributed by atoms with Gasteiger partial charge in [0.25, 0.3) is 0 Å². The van der Waals surface area contributed by atoms with Crippen LogP contribution in [0.25, 0.3) is 0 Å². The molecule has 0 aliphatic carbocycles. The van der Waals surface area contributed by atoms with Crippen LogP contribution in [0.1, 0.15) is 18.4 Å². The molecular formula is C20H21N3O4. The van der Waals surface area contributed by atoms with E-state index in [1.54, 1.807) is 4.90 Å². The molecule has 2 amide bonds. The fraction of sp³-hybridized carbons (Fsp3) is 0.300. The normalized spacial score (nSPS) is 15.1. The van der Waals surface area contributed by atoms with Crippen molar-refractivity contribution in [2.45, 2.75) is 19.4 Å². The van der Waals surface area contributed by atoms with Gasteiger partial charge in [0.2, 0.25) is 18.6 Å². The highest BCUT2D eigenvalue weighted by atomic mass is 16.7. The predicted molar refractivity (Wildman–Crippen MR) is 101 cm³/mol. The lowest BCUT2D eigenvalue weighted by atomic mass is 10.2. The number of amides is 2. The first-order valence-corrected chi connectivity index (χ1v) is 8.99. The van der Waals surface area contributed by atoms with E-state index >= 15 is 0 Å². The number of nitrogens with one attached hydrogen (secondary N) is 2. The summed E-state index contributed by atoms with van der Waals surface area (Å²) >= 11 is 0. The second-order valence-electron chi connectivity index (χ2n) is 6.48. The number of ether oxygens (including phenoxy) is 2. The minimum atomic E-state index is -0.129. The molecule has 0 radical (unpaired) electrons. The molecule has 2 aromatic rings. The van der Waals surface area contributed by atoms with Crippen LogP contribution in [0.4, 0.5) is 11.4 Å². The number of hydrogen-bond acceptors (Lipinski definition) is 5. The fourth-order valence-corrected chi connectivity index (χ4v) is 3.25. The van der Waals surface area contributed by atoms with E-state index in [1.807, 2.05) is 42.5 Å². The van der Waals surface area contributed by atoms with E-state index in [2.05, 4.69) is 10.6 Å². The smallest absolute Gasteiger partial charge is 0.239 e. The number of carbonyl (C=O) groups is 2. The number of carbonyl (C=O) groups excluding carboxylic acids is 2. The standard InChI is InChI=1S/C20H21N3O4/c24-19(22-11-14-7-8-17-18(10-14)27-13-26-17)12-21-15-4-1-2-5-16(15)23-9-3-6-20(23)25/h1-2,4-5,7-8,10,21H,3,6,9,11-13H2,(H,22,24). The highest BCUT2D eigenvalue weighted by molar-refractivity contribution is 5.98. The molecule has 7 nitrogen and oxygen atoms in total. The number of rotatable bonds is 6. The Morgan fingerprint density at radius 1 is 1.11 bits per heavy atom. The predicted octanol–water partition coefficient (Wildman–Crippen LogP) is 2.27. The maximum absolute atomic E-state index is 12.2. The molecule has 140 valence electrons. The molecule has 27 heavy (non-hydrogen) atoms. The van der Waals surface area contributed by atoms with E-state index in [4.69, 9.17) is 9.47 Å². The van der Waals surface area contributed by atoms with Crippen LogP contribution in [-0.4, -0.2) is 31.7 Å². The van der Waals surface area contributed by atoms with E-state index < -0.39 is 0 Å². The molecule has 0 atom stereocenters. The van der Waals surface area contributed by atoms with Crippen LogP contribution in [0, 0.1) is 0 Å². The largest absolute Gasteiger partial charge is 0.454 e. The molecule has 7 heteroatoms. The molecule has 0 saturated carbocycles. The van der Waals surface area contributed by atoms with Crippen LogP contribution in [0.15, 0.2) is 42.5 Å². The Bertz CT molecular complexity index is 868. The van der Waals surface area contributed by atoms with Crippen molar-refractivity contribution in [1.82, 2.24) is 5.32 Å². The Hall–Kier alpha value is -3.22. The summed E-state index contributed by atoms with van der Waals surface area (Å²) in [4.78, 5) is 26.0. The lowest BCUT2D eigenvalue weighted by Gasteiger charge is -2.20. The van der Waals surface area contributed by atoms with Crippen molar-refractivity contribution in [2.75, 3.05) is 30.1 Å². The minimum Gasteiger partial charge on any atom is -0.454 e. The summed E-state index contributed by atoms with van der Waals surface area (Å²) in [5.74, 6) is 1.41. The van der Waals surface area contributed by atoms with Crippen LogP contribution in [0.5, 0.6) is 11.5 Å². The topological polar surface area (TPSA) is 79.9 Å². The molecule has 2 aliphatic heterocycles. The number of fused-ring (bicyclic) bond motifs is 1. The number of nitrogens with zero attached hydrogens (tertiary/aromatic N) is 1. The van der Waals surface area contributed by atoms with Crippen LogP contribution >= 0.6 is 0 Å². The van der Waals surface area contributed by atoms with E-state index in [9.17, 15) is 9.59 Å². The molecule has 2 aliphatic rings. The minimum absolute atomic E-state index is 0.122. The molecule has 2 aromatic carbocycles. The lowest BCUT2D eigenvalue weighted by Crippen LogP contribution is -2.30. The van der Waals surface area contributed by atoms with Crippen molar-refractivity contribution in [2.24, 2.45) is 0 Å². The Morgan fingerprint density at radius 3 is 2.81 bits per heavy atom. The molecule has 0 aromatic heterocycles. The second-order valence-corrected chi connectivity index (χ2v) is 6.48. The van der Waals surface area contributed by atoms with Gasteiger partial charge in [0.15, 0.2) is 11.5 Å². The van der Waals surface area contributed by atoms with Crippen LogP contribution < -0.4 is 25.0 Å².